The fourth-order valence-electron chi connectivity index (χ4n) is 2.74. The van der Waals surface area contributed by atoms with Crippen LogP contribution in [0.25, 0.3) is 0 Å². The Bertz CT molecular complexity index is 407. The lowest BCUT2D eigenvalue weighted by atomic mass is 9.95. The van der Waals surface area contributed by atoms with E-state index in [0.717, 1.165) is 0 Å². The average Bonchev–Trinajstić information content (AvgIpc) is 2.56. The van der Waals surface area contributed by atoms with Crippen molar-refractivity contribution < 1.29 is 55.1 Å². The number of aliphatic hydroxyl groups excluding tert-OH is 8. The molecule has 2 saturated heterocycles. The van der Waals surface area contributed by atoms with E-state index in [1.165, 1.54) is 6.92 Å². The summed E-state index contributed by atoms with van der Waals surface area (Å²) in [5.74, 6) is 0. The van der Waals surface area contributed by atoms with Gasteiger partial charge in [-0.2, -0.15) is 0 Å². The van der Waals surface area contributed by atoms with E-state index in [-0.39, 0.29) is 0 Å². The van der Waals surface area contributed by atoms with Crippen LogP contribution in [0, 0.1) is 0 Å². The highest BCUT2D eigenvalue weighted by Gasteiger charge is 2.48. The van der Waals surface area contributed by atoms with Crippen molar-refractivity contribution in [1.29, 1.82) is 0 Å². The molecule has 142 valence electrons. The van der Waals surface area contributed by atoms with Crippen LogP contribution in [0.4, 0.5) is 0 Å². The standard InChI is InChI=1S/C13H24O11/c1-3(11-8(18)7(17)9(19)12(21)24-11)22-13-10(20)6(16)5(15)4(2-14)23-13/h3-21H,2H2,1H3/t3-,4+,5+,6-,7-,8-,9-,10-,11+,12-,13-/m0/s1. The highest BCUT2D eigenvalue weighted by molar-refractivity contribution is 4.93. The molecule has 2 fully saturated rings. The Kier molecular flexibility index (Phi) is 6.50. The molecule has 11 nitrogen and oxygen atoms in total. The van der Waals surface area contributed by atoms with Crippen molar-refractivity contribution in [2.45, 2.75) is 74.4 Å². The summed E-state index contributed by atoms with van der Waals surface area (Å²) in [6.45, 7) is 0.748. The maximum absolute atomic E-state index is 9.92. The molecule has 8 N–H and O–H groups in total. The van der Waals surface area contributed by atoms with Crippen LogP contribution in [0.15, 0.2) is 0 Å². The Morgan fingerprint density at radius 2 is 1.38 bits per heavy atom. The lowest BCUT2D eigenvalue weighted by Gasteiger charge is -2.44. The van der Waals surface area contributed by atoms with Gasteiger partial charge in [0.2, 0.25) is 0 Å². The van der Waals surface area contributed by atoms with Gasteiger partial charge in [0.15, 0.2) is 12.6 Å². The average molecular weight is 356 g/mol. The van der Waals surface area contributed by atoms with Crippen LogP contribution in [-0.4, -0.2) is 115 Å². The fraction of sp³-hybridized carbons (Fsp3) is 1.00. The van der Waals surface area contributed by atoms with E-state index in [1.54, 1.807) is 0 Å². The largest absolute Gasteiger partial charge is 0.394 e. The summed E-state index contributed by atoms with van der Waals surface area (Å²) in [5, 5.41) is 76.9. The molecule has 0 aromatic rings. The first kappa shape index (κ1) is 19.9. The van der Waals surface area contributed by atoms with Crippen LogP contribution < -0.4 is 0 Å². The molecule has 0 spiro atoms. The molecule has 0 radical (unpaired) electrons. The van der Waals surface area contributed by atoms with Gasteiger partial charge in [-0.05, 0) is 6.92 Å². The molecule has 0 aliphatic carbocycles. The minimum absolute atomic E-state index is 0.634. The molecule has 2 aliphatic rings. The van der Waals surface area contributed by atoms with Crippen molar-refractivity contribution in [2.75, 3.05) is 6.61 Å². The fourth-order valence-corrected chi connectivity index (χ4v) is 2.74. The zero-order valence-electron chi connectivity index (χ0n) is 12.9. The molecule has 2 rings (SSSR count). The Hall–Kier alpha value is -0.440. The van der Waals surface area contributed by atoms with Gasteiger partial charge in [-0.3, -0.25) is 0 Å². The quantitative estimate of drug-likeness (QED) is 0.241. The van der Waals surface area contributed by atoms with E-state index >= 15 is 0 Å². The Morgan fingerprint density at radius 3 is 1.96 bits per heavy atom. The Morgan fingerprint density at radius 1 is 0.792 bits per heavy atom. The van der Waals surface area contributed by atoms with Crippen LogP contribution in [0.3, 0.4) is 0 Å². The first-order valence-electron chi connectivity index (χ1n) is 7.52. The molecular weight excluding hydrogens is 332 g/mol. The van der Waals surface area contributed by atoms with Crippen LogP contribution in [0.1, 0.15) is 6.92 Å². The summed E-state index contributed by atoms with van der Waals surface area (Å²) in [7, 11) is 0. The lowest BCUT2D eigenvalue weighted by molar-refractivity contribution is -0.340. The van der Waals surface area contributed by atoms with Gasteiger partial charge in [0.25, 0.3) is 0 Å². The van der Waals surface area contributed by atoms with Crippen molar-refractivity contribution in [3.63, 3.8) is 0 Å². The zero-order chi connectivity index (χ0) is 18.2. The molecule has 2 heterocycles. The maximum Gasteiger partial charge on any atom is 0.187 e. The van der Waals surface area contributed by atoms with Crippen molar-refractivity contribution >= 4 is 0 Å². The number of hydrogen-bond acceptors (Lipinski definition) is 11. The first-order valence-corrected chi connectivity index (χ1v) is 7.52. The van der Waals surface area contributed by atoms with E-state index in [4.69, 9.17) is 19.3 Å². The van der Waals surface area contributed by atoms with E-state index in [9.17, 15) is 35.7 Å². The third kappa shape index (κ3) is 3.71. The van der Waals surface area contributed by atoms with Gasteiger partial charge in [0.05, 0.1) is 12.7 Å². The summed E-state index contributed by atoms with van der Waals surface area (Å²) < 4.78 is 15.5. The van der Waals surface area contributed by atoms with Crippen LogP contribution in [0.2, 0.25) is 0 Å². The summed E-state index contributed by atoms with van der Waals surface area (Å²) in [6.07, 6.45) is -16.5. The van der Waals surface area contributed by atoms with Crippen molar-refractivity contribution in [3.05, 3.63) is 0 Å². The minimum Gasteiger partial charge on any atom is -0.394 e. The summed E-state index contributed by atoms with van der Waals surface area (Å²) in [6, 6.07) is 0. The predicted molar refractivity (Wildman–Crippen MR) is 73.2 cm³/mol. The number of aliphatic hydroxyl groups is 8. The third-order valence-corrected chi connectivity index (χ3v) is 4.29. The lowest BCUT2D eigenvalue weighted by Crippen LogP contribution is -2.63. The van der Waals surface area contributed by atoms with Gasteiger partial charge >= 0.3 is 0 Å². The van der Waals surface area contributed by atoms with Crippen molar-refractivity contribution in [1.82, 2.24) is 0 Å². The molecular formula is C13H24O11. The third-order valence-electron chi connectivity index (χ3n) is 4.29. The Balaban J connectivity index is 2.04. The van der Waals surface area contributed by atoms with Crippen LogP contribution in [-0.2, 0) is 14.2 Å². The summed E-state index contributed by atoms with van der Waals surface area (Å²) >= 11 is 0. The maximum atomic E-state index is 9.92. The van der Waals surface area contributed by atoms with E-state index in [2.05, 4.69) is 0 Å². The Labute approximate surface area is 137 Å². The second-order valence-corrected chi connectivity index (χ2v) is 6.00. The predicted octanol–water partition coefficient (Wildman–Crippen LogP) is -5.01. The topological polar surface area (TPSA) is 190 Å². The minimum atomic E-state index is -1.76. The summed E-state index contributed by atoms with van der Waals surface area (Å²) in [4.78, 5) is 0. The van der Waals surface area contributed by atoms with Gasteiger partial charge in [-0.25, -0.2) is 0 Å². The number of rotatable bonds is 4. The highest BCUT2D eigenvalue weighted by Crippen LogP contribution is 2.27. The monoisotopic (exact) mass is 356 g/mol. The molecule has 0 amide bonds. The molecule has 24 heavy (non-hydrogen) atoms. The van der Waals surface area contributed by atoms with E-state index < -0.39 is 74.1 Å². The van der Waals surface area contributed by atoms with Crippen molar-refractivity contribution in [3.8, 4) is 0 Å². The molecule has 0 aromatic heterocycles. The normalized spacial score (nSPS) is 51.4. The van der Waals surface area contributed by atoms with Gasteiger partial charge in [0, 0.05) is 0 Å². The van der Waals surface area contributed by atoms with Gasteiger partial charge in [0.1, 0.15) is 48.8 Å². The molecule has 0 aromatic carbocycles. The van der Waals surface area contributed by atoms with E-state index in [0.29, 0.717) is 0 Å². The molecule has 0 bridgehead atoms. The van der Waals surface area contributed by atoms with E-state index in [1.807, 2.05) is 0 Å². The van der Waals surface area contributed by atoms with Crippen LogP contribution in [0.5, 0.6) is 0 Å². The first-order chi connectivity index (χ1) is 11.2. The van der Waals surface area contributed by atoms with Gasteiger partial charge in [-0.1, -0.05) is 0 Å². The molecule has 11 atom stereocenters. The van der Waals surface area contributed by atoms with Crippen molar-refractivity contribution in [2.24, 2.45) is 0 Å². The zero-order valence-corrected chi connectivity index (χ0v) is 12.9. The SMILES string of the molecule is C[C@H](O[C@H]1O[C@H](CO)[C@@H](O)[C@H](O)[C@@H]1O)[C@H]1O[C@H](O)[C@@H](O)[C@@H](O)[C@@H]1O. The number of ether oxygens (including phenoxy) is 3. The molecule has 0 unspecified atom stereocenters. The molecule has 11 heteroatoms. The van der Waals surface area contributed by atoms with Gasteiger partial charge < -0.3 is 55.1 Å². The second-order valence-electron chi connectivity index (χ2n) is 6.00. The van der Waals surface area contributed by atoms with Gasteiger partial charge in [-0.15, -0.1) is 0 Å². The van der Waals surface area contributed by atoms with Crippen LogP contribution >= 0.6 is 0 Å². The molecule has 2 aliphatic heterocycles. The highest BCUT2D eigenvalue weighted by atomic mass is 16.7. The second kappa shape index (κ2) is 7.85. The molecule has 0 saturated carbocycles. The number of hydrogen-bond donors (Lipinski definition) is 8. The summed E-state index contributed by atoms with van der Waals surface area (Å²) in [5.41, 5.74) is 0. The smallest absolute Gasteiger partial charge is 0.187 e.